The Morgan fingerprint density at radius 3 is 2.47 bits per heavy atom. The zero-order valence-corrected chi connectivity index (χ0v) is 31.3. The van der Waals surface area contributed by atoms with Crippen LogP contribution in [0.2, 0.25) is 0 Å². The number of phenolic OH excluding ortho intramolecular Hbond substituents is 1. The predicted octanol–water partition coefficient (Wildman–Crippen LogP) is 5.24. The monoisotopic (exact) mass is 751 g/mol. The van der Waals surface area contributed by atoms with Crippen LogP contribution < -0.4 is 26.2 Å². The molecule has 0 spiro atoms. The summed E-state index contributed by atoms with van der Waals surface area (Å²) in [5, 5.41) is 30.8. The molecule has 3 aromatic carbocycles. The van der Waals surface area contributed by atoms with Crippen LogP contribution in [0.4, 0.5) is 4.79 Å². The molecule has 1 saturated carbocycles. The number of hydrogen-bond donors (Lipinski definition) is 6. The topological polar surface area (TPSA) is 165 Å². The minimum Gasteiger partial charge on any atom is -0.506 e. The van der Waals surface area contributed by atoms with Gasteiger partial charge >= 0.3 is 6.09 Å². The number of fused-ring (bicyclic) bond motifs is 4. The first-order valence-corrected chi connectivity index (χ1v) is 19.8. The van der Waals surface area contributed by atoms with E-state index in [1.165, 1.54) is 12.1 Å². The summed E-state index contributed by atoms with van der Waals surface area (Å²) >= 11 is 0. The molecule has 2 amide bonds. The van der Waals surface area contributed by atoms with E-state index in [9.17, 15) is 24.6 Å². The Morgan fingerprint density at radius 2 is 1.71 bits per heavy atom. The van der Waals surface area contributed by atoms with E-state index in [2.05, 4.69) is 38.0 Å². The third kappa shape index (κ3) is 10.0. The fourth-order valence-corrected chi connectivity index (χ4v) is 8.30. The minimum atomic E-state index is -0.822. The molecular weight excluding hydrogens is 699 g/mol. The second-order valence-corrected chi connectivity index (χ2v) is 15.4. The number of aromatic hydroxyl groups is 1. The van der Waals surface area contributed by atoms with Crippen molar-refractivity contribution in [3.05, 3.63) is 94.3 Å². The van der Waals surface area contributed by atoms with Crippen LogP contribution in [0.15, 0.2) is 77.6 Å². The summed E-state index contributed by atoms with van der Waals surface area (Å²) in [7, 11) is 0. The number of hydrogen-bond acceptors (Lipinski definition) is 9. The van der Waals surface area contributed by atoms with Gasteiger partial charge in [0.2, 0.25) is 11.5 Å². The highest BCUT2D eigenvalue weighted by Crippen LogP contribution is 2.32. The lowest BCUT2D eigenvalue weighted by Crippen LogP contribution is -2.57. The summed E-state index contributed by atoms with van der Waals surface area (Å²) in [5.74, 6) is 1.85. The van der Waals surface area contributed by atoms with Crippen LogP contribution in [0, 0.1) is 17.8 Å². The molecule has 12 nitrogen and oxygen atoms in total. The Labute approximate surface area is 321 Å². The number of nitrogens with zero attached hydrogens (tertiary/aromatic N) is 1. The van der Waals surface area contributed by atoms with Gasteiger partial charge in [0.1, 0.15) is 18.1 Å². The maximum Gasteiger partial charge on any atom is 0.407 e. The van der Waals surface area contributed by atoms with Crippen molar-refractivity contribution in [2.45, 2.75) is 63.7 Å². The molecule has 2 atom stereocenters. The molecule has 0 unspecified atom stereocenters. The van der Waals surface area contributed by atoms with Crippen molar-refractivity contribution < 1.29 is 29.3 Å². The minimum absolute atomic E-state index is 0.0107. The smallest absolute Gasteiger partial charge is 0.407 e. The molecule has 4 aromatic rings. The number of aliphatic hydroxyl groups is 1. The second-order valence-electron chi connectivity index (χ2n) is 15.4. The van der Waals surface area contributed by atoms with Gasteiger partial charge in [0.05, 0.1) is 18.2 Å². The zero-order chi connectivity index (χ0) is 38.1. The zero-order valence-electron chi connectivity index (χ0n) is 31.3. The number of nitrogens with one attached hydrogen (secondary N) is 4. The molecule has 1 aromatic heterocycles. The molecule has 6 N–H and O–H groups in total. The maximum atomic E-state index is 12.9. The van der Waals surface area contributed by atoms with Crippen molar-refractivity contribution in [2.24, 2.45) is 17.8 Å². The van der Waals surface area contributed by atoms with Gasteiger partial charge < -0.3 is 45.5 Å². The number of carbonyl (C=O) groups is 2. The molecule has 2 bridgehead atoms. The Bertz CT molecular complexity index is 1970. The molecule has 55 heavy (non-hydrogen) atoms. The third-order valence-electron chi connectivity index (χ3n) is 11.6. The first-order valence-electron chi connectivity index (χ1n) is 19.8. The van der Waals surface area contributed by atoms with Crippen molar-refractivity contribution >= 4 is 22.9 Å². The van der Waals surface area contributed by atoms with Crippen molar-refractivity contribution in [1.29, 1.82) is 0 Å². The number of benzene rings is 3. The number of phenols is 1. The van der Waals surface area contributed by atoms with Crippen LogP contribution in [-0.4, -0.2) is 84.0 Å². The largest absolute Gasteiger partial charge is 0.506 e. The molecular formula is C43H53N5O7. The van der Waals surface area contributed by atoms with E-state index in [1.54, 1.807) is 12.1 Å². The van der Waals surface area contributed by atoms with E-state index < -0.39 is 6.10 Å². The Kier molecular flexibility index (Phi) is 12.7. The number of alkyl carbamates (subject to hydrolysis) is 1. The van der Waals surface area contributed by atoms with Gasteiger partial charge in [0, 0.05) is 43.0 Å². The van der Waals surface area contributed by atoms with E-state index >= 15 is 0 Å². The predicted molar refractivity (Wildman–Crippen MR) is 211 cm³/mol. The molecule has 8 rings (SSSR count). The van der Waals surface area contributed by atoms with Gasteiger partial charge in [-0.2, -0.15) is 0 Å². The van der Waals surface area contributed by atoms with Gasteiger partial charge in [-0.1, -0.05) is 42.5 Å². The van der Waals surface area contributed by atoms with Gasteiger partial charge in [0.25, 0.3) is 0 Å². The highest BCUT2D eigenvalue weighted by molar-refractivity contribution is 5.87. The number of piperidine rings is 3. The number of H-pyrrole nitrogens is 1. The summed E-state index contributed by atoms with van der Waals surface area (Å²) in [5.41, 5.74) is 3.67. The van der Waals surface area contributed by atoms with Gasteiger partial charge in [-0.15, -0.1) is 0 Å². The van der Waals surface area contributed by atoms with Crippen LogP contribution in [0.3, 0.4) is 0 Å². The SMILES string of the molecule is O=C(N[C@H]1CN2CCC1CC2)OCc1ccc(-c2cccc(OCC3CCC(C(=O)NCCCNC[C@H](O)c4ccc(O)c5[nH]c(=O)ccc45)CC3)c2)cc1. The number of pyridine rings is 1. The average molecular weight is 752 g/mol. The Morgan fingerprint density at radius 1 is 0.909 bits per heavy atom. The number of aromatic nitrogens is 1. The van der Waals surface area contributed by atoms with Gasteiger partial charge in [-0.05, 0) is 123 Å². The number of aromatic amines is 1. The fraction of sp³-hybridized carbons (Fsp3) is 0.465. The summed E-state index contributed by atoms with van der Waals surface area (Å²) in [6.07, 6.45) is 5.42. The summed E-state index contributed by atoms with van der Waals surface area (Å²) in [6.45, 7) is 5.52. The molecule has 1 aliphatic carbocycles. The van der Waals surface area contributed by atoms with E-state index in [0.29, 0.717) is 54.5 Å². The first kappa shape index (κ1) is 38.4. The number of ether oxygens (including phenoxy) is 2. The molecule has 4 aliphatic rings. The van der Waals surface area contributed by atoms with Gasteiger partial charge in [-0.3, -0.25) is 9.59 Å². The van der Waals surface area contributed by atoms with Crippen LogP contribution in [0.25, 0.3) is 22.0 Å². The van der Waals surface area contributed by atoms with Crippen LogP contribution >= 0.6 is 0 Å². The van der Waals surface area contributed by atoms with E-state index in [4.69, 9.17) is 9.47 Å². The van der Waals surface area contributed by atoms with Crippen molar-refractivity contribution in [2.75, 3.05) is 45.9 Å². The van der Waals surface area contributed by atoms with Crippen molar-refractivity contribution in [3.8, 4) is 22.6 Å². The Balaban J connectivity index is 0.767. The number of amides is 2. The standard InChI is InChI=1S/C43H53N5O7/c49-38-15-13-35(36-14-16-40(51)47-41(36)38)39(50)24-44-19-2-20-45-42(52)32-11-7-28(8-12-32)26-54-34-4-1-3-33(23-34)30-9-5-29(6-10-30)27-55-43(53)46-37-25-48-21-17-31(37)18-22-48/h1,3-6,9-10,13-16,23,28,31-32,37,39,44,49-50H,2,7-8,11-12,17-22,24-27H2,(H,45,52)(H,46,53)(H,47,51)/t28?,32?,37-,39-/m0/s1. The third-order valence-corrected chi connectivity index (χ3v) is 11.6. The maximum absolute atomic E-state index is 12.9. The lowest BCUT2D eigenvalue weighted by atomic mass is 9.82. The van der Waals surface area contributed by atoms with E-state index in [1.807, 2.05) is 36.4 Å². The molecule has 12 heteroatoms. The summed E-state index contributed by atoms with van der Waals surface area (Å²) in [6, 6.07) is 22.5. The molecule has 4 heterocycles. The van der Waals surface area contributed by atoms with Crippen LogP contribution in [-0.2, 0) is 16.1 Å². The lowest BCUT2D eigenvalue weighted by molar-refractivity contribution is -0.126. The molecule has 292 valence electrons. The van der Waals surface area contributed by atoms with Gasteiger partial charge in [-0.25, -0.2) is 4.79 Å². The van der Waals surface area contributed by atoms with Crippen molar-refractivity contribution in [3.63, 3.8) is 0 Å². The molecule has 4 fully saturated rings. The number of carbonyl (C=O) groups excluding carboxylic acids is 2. The fourth-order valence-electron chi connectivity index (χ4n) is 8.30. The second kappa shape index (κ2) is 18.1. The summed E-state index contributed by atoms with van der Waals surface area (Å²) < 4.78 is 11.8. The molecule has 3 aliphatic heterocycles. The highest BCUT2D eigenvalue weighted by Gasteiger charge is 2.35. The van der Waals surface area contributed by atoms with Crippen LogP contribution in [0.5, 0.6) is 11.5 Å². The van der Waals surface area contributed by atoms with Gasteiger partial charge in [0.15, 0.2) is 0 Å². The number of aliphatic hydroxyl groups excluding tert-OH is 1. The summed E-state index contributed by atoms with van der Waals surface area (Å²) in [4.78, 5) is 42.0. The van der Waals surface area contributed by atoms with E-state index in [-0.39, 0.29) is 41.9 Å². The number of rotatable bonds is 15. The molecule has 0 radical (unpaired) electrons. The average Bonchev–Trinajstić information content (AvgIpc) is 3.21. The lowest BCUT2D eigenvalue weighted by Gasteiger charge is -2.44. The quantitative estimate of drug-likeness (QED) is 0.0892. The van der Waals surface area contributed by atoms with Crippen molar-refractivity contribution in [1.82, 2.24) is 25.8 Å². The first-order chi connectivity index (χ1) is 26.8. The molecule has 3 saturated heterocycles. The normalized spacial score (nSPS) is 22.5. The highest BCUT2D eigenvalue weighted by atomic mass is 16.5. The van der Waals surface area contributed by atoms with Crippen LogP contribution in [0.1, 0.15) is 62.2 Å². The van der Waals surface area contributed by atoms with E-state index in [0.717, 1.165) is 87.0 Å². The Hall–Kier alpha value is -4.91.